The van der Waals surface area contributed by atoms with E-state index in [0.717, 1.165) is 0 Å². The predicted molar refractivity (Wildman–Crippen MR) is 83.8 cm³/mol. The Kier molecular flexibility index (Phi) is 7.46. The number of rotatable bonds is 10. The van der Waals surface area contributed by atoms with Crippen LogP contribution in [0.1, 0.15) is 20.8 Å². The molecule has 0 aromatic rings. The zero-order valence-electron chi connectivity index (χ0n) is 13.6. The van der Waals surface area contributed by atoms with Gasteiger partial charge in [-0.3, -0.25) is 24.0 Å². The zero-order chi connectivity index (χ0) is 20.4. The summed E-state index contributed by atoms with van der Waals surface area (Å²) in [5, 5.41) is 50.8. The number of aliphatic hydroxyl groups is 5. The quantitative estimate of drug-likeness (QED) is 0.135. The van der Waals surface area contributed by atoms with Crippen LogP contribution in [0, 0.1) is 0 Å². The van der Waals surface area contributed by atoms with Gasteiger partial charge < -0.3 is 25.5 Å². The SMILES string of the molecule is CC(=O)[C@@](O)([C@@](O)(C=O)C(C)=O)[C@](O)(C(C)=O)[C@H](O)C(O)C(=O)CBr. The monoisotopic (exact) mass is 426 g/mol. The average molecular weight is 427 g/mol. The molecule has 1 unspecified atom stereocenters. The van der Waals surface area contributed by atoms with E-state index in [4.69, 9.17) is 0 Å². The van der Waals surface area contributed by atoms with E-state index in [9.17, 15) is 49.5 Å². The minimum Gasteiger partial charge on any atom is -0.386 e. The van der Waals surface area contributed by atoms with Crippen molar-refractivity contribution in [2.24, 2.45) is 0 Å². The van der Waals surface area contributed by atoms with E-state index in [1.165, 1.54) is 0 Å². The molecule has 142 valence electrons. The molecule has 0 amide bonds. The number of Topliss-reactive ketones (excluding diaryl/α,β-unsaturated/α-hetero) is 4. The first-order valence-corrected chi connectivity index (χ1v) is 7.93. The lowest BCUT2D eigenvalue weighted by Gasteiger charge is -2.48. The fraction of sp³-hybridized carbons (Fsp3) is 0.643. The summed E-state index contributed by atoms with van der Waals surface area (Å²) < 4.78 is 0. The lowest BCUT2D eigenvalue weighted by Crippen LogP contribution is -2.81. The van der Waals surface area contributed by atoms with Crippen LogP contribution in [0.5, 0.6) is 0 Å². The third-order valence-corrected chi connectivity index (χ3v) is 4.60. The molecule has 0 aliphatic carbocycles. The molecule has 0 fully saturated rings. The van der Waals surface area contributed by atoms with Crippen LogP contribution in [0.25, 0.3) is 0 Å². The fourth-order valence-corrected chi connectivity index (χ4v) is 2.74. The van der Waals surface area contributed by atoms with Crippen molar-refractivity contribution in [1.29, 1.82) is 0 Å². The zero-order valence-corrected chi connectivity index (χ0v) is 15.2. The highest BCUT2D eigenvalue weighted by molar-refractivity contribution is 9.09. The highest BCUT2D eigenvalue weighted by Crippen LogP contribution is 2.38. The minimum absolute atomic E-state index is 0.525. The number of aliphatic hydroxyl groups excluding tert-OH is 2. The molecule has 0 radical (unpaired) electrons. The van der Waals surface area contributed by atoms with Crippen molar-refractivity contribution in [1.82, 2.24) is 0 Å². The molecule has 5 N–H and O–H groups in total. The smallest absolute Gasteiger partial charge is 0.217 e. The van der Waals surface area contributed by atoms with Gasteiger partial charge in [-0.2, -0.15) is 0 Å². The van der Waals surface area contributed by atoms with Crippen LogP contribution in [0.15, 0.2) is 0 Å². The van der Waals surface area contributed by atoms with Gasteiger partial charge in [0.05, 0.1) is 5.33 Å². The van der Waals surface area contributed by atoms with Crippen molar-refractivity contribution in [2.75, 3.05) is 5.33 Å². The largest absolute Gasteiger partial charge is 0.386 e. The van der Waals surface area contributed by atoms with Gasteiger partial charge in [0.25, 0.3) is 0 Å². The van der Waals surface area contributed by atoms with E-state index >= 15 is 0 Å². The summed E-state index contributed by atoms with van der Waals surface area (Å²) in [5.41, 5.74) is -11.3. The van der Waals surface area contributed by atoms with Crippen LogP contribution in [0.2, 0.25) is 0 Å². The number of carbonyl (C=O) groups excluding carboxylic acids is 5. The van der Waals surface area contributed by atoms with Crippen LogP contribution >= 0.6 is 15.9 Å². The standard InChI is InChI=1S/C14H19BrO10/c1-6(17)12(23,5-16)14(25,8(3)19)13(24,7(2)18)11(22)10(21)9(20)4-15/h5,10-11,21-25H,4H2,1-3H3/t10?,11-,12-,13+,14-/m1/s1. The van der Waals surface area contributed by atoms with E-state index in [-0.39, 0.29) is 0 Å². The van der Waals surface area contributed by atoms with Crippen LogP contribution in [-0.4, -0.2) is 89.3 Å². The van der Waals surface area contributed by atoms with E-state index in [2.05, 4.69) is 15.9 Å². The van der Waals surface area contributed by atoms with Crippen molar-refractivity contribution >= 4 is 45.3 Å². The number of halogens is 1. The summed E-state index contributed by atoms with van der Waals surface area (Å²) in [6.07, 6.45) is -5.94. The third kappa shape index (κ3) is 3.35. The second-order valence-electron chi connectivity index (χ2n) is 5.52. The molecule has 25 heavy (non-hydrogen) atoms. The summed E-state index contributed by atoms with van der Waals surface area (Å²) in [7, 11) is 0. The van der Waals surface area contributed by atoms with Gasteiger partial charge in [-0.15, -0.1) is 0 Å². The molecule has 0 heterocycles. The second-order valence-corrected chi connectivity index (χ2v) is 6.08. The minimum atomic E-state index is -3.88. The fourth-order valence-electron chi connectivity index (χ4n) is 2.41. The maximum absolute atomic E-state index is 12.0. The Bertz CT molecular complexity index is 604. The van der Waals surface area contributed by atoms with Crippen LogP contribution in [0.4, 0.5) is 0 Å². The molecular formula is C14H19BrO10. The maximum atomic E-state index is 12.0. The molecule has 0 aromatic heterocycles. The predicted octanol–water partition coefficient (Wildman–Crippen LogP) is -3.17. The van der Waals surface area contributed by atoms with E-state index in [1.54, 1.807) is 0 Å². The third-order valence-electron chi connectivity index (χ3n) is 4.05. The lowest BCUT2D eigenvalue weighted by atomic mass is 9.62. The normalized spacial score (nSPS) is 21.0. The Labute approximate surface area is 150 Å². The van der Waals surface area contributed by atoms with Crippen LogP contribution in [0.3, 0.4) is 0 Å². The van der Waals surface area contributed by atoms with Crippen molar-refractivity contribution in [3.05, 3.63) is 0 Å². The summed E-state index contributed by atoms with van der Waals surface area (Å²) in [4.78, 5) is 58.4. The van der Waals surface area contributed by atoms with Gasteiger partial charge >= 0.3 is 0 Å². The first-order valence-electron chi connectivity index (χ1n) is 6.81. The summed E-state index contributed by atoms with van der Waals surface area (Å²) in [5.74, 6) is -5.93. The molecule has 5 atom stereocenters. The molecule has 10 nitrogen and oxygen atoms in total. The molecule has 0 bridgehead atoms. The number of carbonyl (C=O) groups is 5. The summed E-state index contributed by atoms with van der Waals surface area (Å²) in [6, 6.07) is 0. The van der Waals surface area contributed by atoms with Crippen molar-refractivity contribution in [3.8, 4) is 0 Å². The Morgan fingerprint density at radius 1 is 0.960 bits per heavy atom. The number of hydrogen-bond donors (Lipinski definition) is 5. The first-order chi connectivity index (χ1) is 11.2. The van der Waals surface area contributed by atoms with Gasteiger partial charge in [-0.25, -0.2) is 0 Å². The molecule has 0 spiro atoms. The van der Waals surface area contributed by atoms with Crippen molar-refractivity contribution in [3.63, 3.8) is 0 Å². The molecule has 11 heteroatoms. The van der Waals surface area contributed by atoms with Gasteiger partial charge in [-0.1, -0.05) is 15.9 Å². The van der Waals surface area contributed by atoms with Crippen molar-refractivity contribution in [2.45, 2.75) is 49.8 Å². The Hall–Kier alpha value is -1.37. The maximum Gasteiger partial charge on any atom is 0.217 e. The molecule has 0 saturated heterocycles. The van der Waals surface area contributed by atoms with Crippen LogP contribution < -0.4 is 0 Å². The molecular weight excluding hydrogens is 408 g/mol. The topological polar surface area (TPSA) is 186 Å². The Morgan fingerprint density at radius 2 is 1.40 bits per heavy atom. The first kappa shape index (κ1) is 23.6. The molecule has 0 aliphatic heterocycles. The van der Waals surface area contributed by atoms with Gasteiger partial charge in [0.1, 0.15) is 12.2 Å². The Balaban J connectivity index is 6.85. The number of hydrogen-bond acceptors (Lipinski definition) is 10. The summed E-state index contributed by atoms with van der Waals surface area (Å²) >= 11 is 2.67. The van der Waals surface area contributed by atoms with Crippen LogP contribution in [-0.2, 0) is 24.0 Å². The molecule has 0 aliphatic rings. The van der Waals surface area contributed by atoms with E-state index in [1.807, 2.05) is 0 Å². The Morgan fingerprint density at radius 3 is 1.64 bits per heavy atom. The lowest BCUT2D eigenvalue weighted by molar-refractivity contribution is -0.248. The van der Waals surface area contributed by atoms with Crippen molar-refractivity contribution < 1.29 is 49.5 Å². The van der Waals surface area contributed by atoms with E-state index < -0.39 is 63.8 Å². The highest BCUT2D eigenvalue weighted by Gasteiger charge is 2.73. The molecule has 0 saturated carbocycles. The molecule has 0 aromatic carbocycles. The van der Waals surface area contributed by atoms with E-state index in [0.29, 0.717) is 20.8 Å². The molecule has 0 rings (SSSR count). The number of ketones is 4. The summed E-state index contributed by atoms with van der Waals surface area (Å²) in [6.45, 7) is 1.65. The van der Waals surface area contributed by atoms with Gasteiger partial charge in [0.2, 0.25) is 11.2 Å². The van der Waals surface area contributed by atoms with Gasteiger partial charge in [0, 0.05) is 0 Å². The number of aldehydes is 1. The highest BCUT2D eigenvalue weighted by atomic mass is 79.9. The van der Waals surface area contributed by atoms with Gasteiger partial charge in [-0.05, 0) is 20.8 Å². The second kappa shape index (κ2) is 7.89. The average Bonchev–Trinajstić information content (AvgIpc) is 2.56. The number of alkyl halides is 1. The van der Waals surface area contributed by atoms with Gasteiger partial charge in [0.15, 0.2) is 35.0 Å².